The van der Waals surface area contributed by atoms with Crippen molar-refractivity contribution in [3.63, 3.8) is 0 Å². The van der Waals surface area contributed by atoms with Crippen LogP contribution in [-0.4, -0.2) is 18.1 Å². The van der Waals surface area contributed by atoms with Crippen molar-refractivity contribution in [2.45, 2.75) is 31.4 Å². The van der Waals surface area contributed by atoms with Crippen LogP contribution >= 0.6 is 0 Å². The first-order valence-corrected chi connectivity index (χ1v) is 6.19. The van der Waals surface area contributed by atoms with Crippen LogP contribution < -0.4 is 5.73 Å². The summed E-state index contributed by atoms with van der Waals surface area (Å²) >= 11 is 0. The first kappa shape index (κ1) is 10.8. The molecule has 3 rings (SSSR count). The van der Waals surface area contributed by atoms with E-state index >= 15 is 0 Å². The Morgan fingerprint density at radius 2 is 2.00 bits per heavy atom. The zero-order valence-electron chi connectivity index (χ0n) is 9.87. The summed E-state index contributed by atoms with van der Waals surface area (Å²) in [6.45, 7) is 2.07. The average molecular weight is 231 g/mol. The van der Waals surface area contributed by atoms with Gasteiger partial charge < -0.3 is 10.5 Å². The molecule has 0 radical (unpaired) electrons. The lowest BCUT2D eigenvalue weighted by Gasteiger charge is -2.35. The van der Waals surface area contributed by atoms with E-state index in [1.807, 2.05) is 18.2 Å². The monoisotopic (exact) mass is 231 g/mol. The molecule has 1 aromatic rings. The molecule has 1 saturated carbocycles. The average Bonchev–Trinajstić information content (AvgIpc) is 2.52. The molecular weight excluding hydrogens is 214 g/mol. The quantitative estimate of drug-likeness (QED) is 0.748. The summed E-state index contributed by atoms with van der Waals surface area (Å²) in [5.41, 5.74) is 7.49. The molecule has 1 aromatic carbocycles. The Balaban J connectivity index is 1.93. The lowest BCUT2D eigenvalue weighted by Crippen LogP contribution is -2.45. The summed E-state index contributed by atoms with van der Waals surface area (Å²) in [5.74, 6) is 0.277. The Bertz CT molecular complexity index is 431. The van der Waals surface area contributed by atoms with Gasteiger partial charge in [0.2, 0.25) is 0 Å². The van der Waals surface area contributed by atoms with Crippen molar-refractivity contribution >= 4 is 5.97 Å². The second kappa shape index (κ2) is 3.84. The SMILES string of the molecule is C[C@H]1[C@H]2C(=O)O[C@@H]1C[C@@H](c1ccccc1)[C@@H]2N. The lowest BCUT2D eigenvalue weighted by molar-refractivity contribution is -0.143. The van der Waals surface area contributed by atoms with Gasteiger partial charge in [-0.15, -0.1) is 0 Å². The zero-order chi connectivity index (χ0) is 12.0. The molecule has 2 fully saturated rings. The molecule has 0 spiro atoms. The van der Waals surface area contributed by atoms with Gasteiger partial charge in [-0.05, 0) is 12.0 Å². The summed E-state index contributed by atoms with van der Waals surface area (Å²) in [7, 11) is 0. The van der Waals surface area contributed by atoms with Gasteiger partial charge in [0.1, 0.15) is 6.10 Å². The number of esters is 1. The Labute approximate surface area is 101 Å². The maximum absolute atomic E-state index is 11.8. The van der Waals surface area contributed by atoms with Gasteiger partial charge in [0.25, 0.3) is 0 Å². The van der Waals surface area contributed by atoms with Gasteiger partial charge >= 0.3 is 5.97 Å². The van der Waals surface area contributed by atoms with Crippen LogP contribution in [0.5, 0.6) is 0 Å². The number of ether oxygens (including phenoxy) is 1. The van der Waals surface area contributed by atoms with E-state index in [-0.39, 0.29) is 35.9 Å². The molecule has 2 aliphatic rings. The van der Waals surface area contributed by atoms with E-state index in [0.29, 0.717) is 0 Å². The van der Waals surface area contributed by atoms with E-state index in [1.54, 1.807) is 0 Å². The molecule has 2 N–H and O–H groups in total. The van der Waals surface area contributed by atoms with Crippen molar-refractivity contribution in [2.75, 3.05) is 0 Å². The highest BCUT2D eigenvalue weighted by molar-refractivity contribution is 5.77. The second-order valence-electron chi connectivity index (χ2n) is 5.19. The van der Waals surface area contributed by atoms with Gasteiger partial charge in [0.15, 0.2) is 0 Å². The van der Waals surface area contributed by atoms with Crippen LogP contribution in [0.4, 0.5) is 0 Å². The van der Waals surface area contributed by atoms with Gasteiger partial charge in [-0.25, -0.2) is 0 Å². The largest absolute Gasteiger partial charge is 0.462 e. The predicted octanol–water partition coefficient (Wildman–Crippen LogP) is 1.68. The van der Waals surface area contributed by atoms with E-state index in [2.05, 4.69) is 19.1 Å². The van der Waals surface area contributed by atoms with E-state index in [9.17, 15) is 4.79 Å². The zero-order valence-corrected chi connectivity index (χ0v) is 9.87. The van der Waals surface area contributed by atoms with Gasteiger partial charge in [-0.3, -0.25) is 4.79 Å². The number of nitrogens with two attached hydrogens (primary N) is 1. The van der Waals surface area contributed by atoms with Crippen LogP contribution in [0.2, 0.25) is 0 Å². The topological polar surface area (TPSA) is 52.3 Å². The van der Waals surface area contributed by atoms with E-state index in [4.69, 9.17) is 10.5 Å². The number of fused-ring (bicyclic) bond motifs is 2. The Morgan fingerprint density at radius 1 is 1.29 bits per heavy atom. The van der Waals surface area contributed by atoms with Crippen LogP contribution in [0.1, 0.15) is 24.8 Å². The van der Waals surface area contributed by atoms with Gasteiger partial charge in [-0.2, -0.15) is 0 Å². The first-order chi connectivity index (χ1) is 8.18. The summed E-state index contributed by atoms with van der Waals surface area (Å²) in [5, 5.41) is 0. The molecular formula is C14H17NO2. The molecule has 1 aliphatic carbocycles. The van der Waals surface area contributed by atoms with Crippen molar-refractivity contribution in [3.8, 4) is 0 Å². The highest BCUT2D eigenvalue weighted by atomic mass is 16.6. The number of carbonyl (C=O) groups excluding carboxylic acids is 1. The van der Waals surface area contributed by atoms with Crippen LogP contribution in [0.15, 0.2) is 30.3 Å². The van der Waals surface area contributed by atoms with E-state index < -0.39 is 0 Å². The number of benzene rings is 1. The summed E-state index contributed by atoms with van der Waals surface area (Å²) in [4.78, 5) is 11.8. The van der Waals surface area contributed by atoms with E-state index in [0.717, 1.165) is 6.42 Å². The maximum atomic E-state index is 11.8. The molecule has 1 saturated heterocycles. The normalized spacial score (nSPS) is 40.1. The minimum Gasteiger partial charge on any atom is -0.462 e. The molecule has 0 unspecified atom stereocenters. The van der Waals surface area contributed by atoms with Gasteiger partial charge in [-0.1, -0.05) is 37.3 Å². The maximum Gasteiger partial charge on any atom is 0.311 e. The van der Waals surface area contributed by atoms with E-state index in [1.165, 1.54) is 5.56 Å². The second-order valence-corrected chi connectivity index (χ2v) is 5.19. The summed E-state index contributed by atoms with van der Waals surface area (Å²) in [6.07, 6.45) is 0.909. The number of hydrogen-bond donors (Lipinski definition) is 1. The highest BCUT2D eigenvalue weighted by Crippen LogP contribution is 2.45. The standard InChI is InChI=1S/C14H17NO2/c1-8-11-7-10(9-5-3-2-4-6-9)13(15)12(8)14(16)17-11/h2-6,8,10-13H,7,15H2,1H3/t8-,10+,11-,12-,13+/m1/s1. The first-order valence-electron chi connectivity index (χ1n) is 6.19. The van der Waals surface area contributed by atoms with Crippen molar-refractivity contribution in [1.82, 2.24) is 0 Å². The molecule has 1 aliphatic heterocycles. The highest BCUT2D eigenvalue weighted by Gasteiger charge is 2.52. The molecule has 17 heavy (non-hydrogen) atoms. The fourth-order valence-electron chi connectivity index (χ4n) is 3.27. The van der Waals surface area contributed by atoms with Crippen molar-refractivity contribution in [1.29, 1.82) is 0 Å². The predicted molar refractivity (Wildman–Crippen MR) is 64.3 cm³/mol. The fraction of sp³-hybridized carbons (Fsp3) is 0.500. The number of hydrogen-bond acceptors (Lipinski definition) is 3. The lowest BCUT2D eigenvalue weighted by atomic mass is 9.69. The minimum atomic E-state index is -0.126. The third kappa shape index (κ3) is 1.57. The van der Waals surface area contributed by atoms with Crippen LogP contribution in [0.3, 0.4) is 0 Å². The minimum absolute atomic E-state index is 0.0532. The molecule has 5 atom stereocenters. The molecule has 1 heterocycles. The van der Waals surface area contributed by atoms with Gasteiger partial charge in [0, 0.05) is 17.9 Å². The smallest absolute Gasteiger partial charge is 0.311 e. The molecule has 3 nitrogen and oxygen atoms in total. The third-order valence-corrected chi connectivity index (χ3v) is 4.29. The molecule has 0 aromatic heterocycles. The Hall–Kier alpha value is -1.35. The van der Waals surface area contributed by atoms with Crippen LogP contribution in [0.25, 0.3) is 0 Å². The molecule has 0 amide bonds. The molecule has 90 valence electrons. The summed E-state index contributed by atoms with van der Waals surface area (Å²) < 4.78 is 5.40. The van der Waals surface area contributed by atoms with Crippen LogP contribution in [-0.2, 0) is 9.53 Å². The molecule has 2 bridgehead atoms. The Kier molecular flexibility index (Phi) is 2.44. The summed E-state index contributed by atoms with van der Waals surface area (Å²) in [6, 6.07) is 10.1. The van der Waals surface area contributed by atoms with Crippen molar-refractivity contribution in [3.05, 3.63) is 35.9 Å². The number of rotatable bonds is 1. The third-order valence-electron chi connectivity index (χ3n) is 4.29. The van der Waals surface area contributed by atoms with Gasteiger partial charge in [0.05, 0.1) is 5.92 Å². The van der Waals surface area contributed by atoms with Crippen molar-refractivity contribution in [2.24, 2.45) is 17.6 Å². The number of carbonyl (C=O) groups is 1. The molecule has 3 heteroatoms. The fourth-order valence-corrected chi connectivity index (χ4v) is 3.27. The van der Waals surface area contributed by atoms with Crippen molar-refractivity contribution < 1.29 is 9.53 Å². The Morgan fingerprint density at radius 3 is 2.71 bits per heavy atom. The van der Waals surface area contributed by atoms with Crippen LogP contribution in [0, 0.1) is 11.8 Å².